The van der Waals surface area contributed by atoms with Gasteiger partial charge in [-0.1, -0.05) is 20.8 Å². The van der Waals surface area contributed by atoms with Crippen LogP contribution in [0, 0.1) is 5.82 Å². The molecule has 0 atom stereocenters. The van der Waals surface area contributed by atoms with Crippen molar-refractivity contribution in [1.82, 2.24) is 0 Å². The van der Waals surface area contributed by atoms with Crippen LogP contribution >= 0.6 is 0 Å². The number of aryl methyl sites for hydroxylation is 1. The van der Waals surface area contributed by atoms with Crippen molar-refractivity contribution in [2.75, 3.05) is 11.1 Å². The maximum atomic E-state index is 13.2. The highest BCUT2D eigenvalue weighted by Gasteiger charge is 2.17. The molecule has 0 radical (unpaired) electrons. The fraction of sp³-hybridized carbons (Fsp3) is 0.286. The fourth-order valence-electron chi connectivity index (χ4n) is 1.60. The quantitative estimate of drug-likeness (QED) is 0.835. The van der Waals surface area contributed by atoms with Crippen molar-refractivity contribution in [2.45, 2.75) is 27.2 Å². The Hall–Kier alpha value is -2.17. The number of rotatable bonds is 3. The van der Waals surface area contributed by atoms with Crippen LogP contribution in [-0.4, -0.2) is 0 Å². The second kappa shape index (κ2) is 6.13. The summed E-state index contributed by atoms with van der Waals surface area (Å²) in [6.45, 7) is 5.89. The third-order valence-electron chi connectivity index (χ3n) is 2.58. The van der Waals surface area contributed by atoms with Crippen LogP contribution in [0.5, 0.6) is 0 Å². The number of nitrogens with two attached hydrogens (primary N) is 1. The van der Waals surface area contributed by atoms with E-state index in [1.807, 2.05) is 20.8 Å². The van der Waals surface area contributed by atoms with Gasteiger partial charge in [0.1, 0.15) is 17.2 Å². The van der Waals surface area contributed by atoms with Gasteiger partial charge in [-0.25, -0.2) is 4.39 Å². The summed E-state index contributed by atoms with van der Waals surface area (Å²) in [7, 11) is 0. The highest BCUT2D eigenvalue weighted by molar-refractivity contribution is 5.76. The van der Waals surface area contributed by atoms with E-state index in [2.05, 4.69) is 5.32 Å². The van der Waals surface area contributed by atoms with E-state index in [-0.39, 0.29) is 11.4 Å². The van der Waals surface area contributed by atoms with Gasteiger partial charge in [-0.15, -0.1) is 0 Å². The summed E-state index contributed by atoms with van der Waals surface area (Å²) in [6.07, 6.45) is 0.674. The molecule has 19 heavy (non-hydrogen) atoms. The lowest BCUT2D eigenvalue weighted by Gasteiger charge is -2.11. The second-order valence-electron chi connectivity index (χ2n) is 3.77. The van der Waals surface area contributed by atoms with Crippen molar-refractivity contribution in [1.29, 1.82) is 0 Å². The first-order chi connectivity index (χ1) is 9.02. The van der Waals surface area contributed by atoms with Gasteiger partial charge in [0.15, 0.2) is 0 Å². The predicted octanol–water partition coefficient (Wildman–Crippen LogP) is 2.34. The van der Waals surface area contributed by atoms with Crippen LogP contribution in [0.25, 0.3) is 0 Å². The molecule has 102 valence electrons. The molecule has 0 aromatic heterocycles. The SMILES string of the molecule is CC.CCc1cc(F)cc(Nc2c(N)c(=O)c2=O)c1. The number of hydrogen-bond donors (Lipinski definition) is 2. The third kappa shape index (κ3) is 2.99. The Morgan fingerprint density at radius 2 is 1.79 bits per heavy atom. The zero-order chi connectivity index (χ0) is 14.6. The molecule has 3 N–H and O–H groups in total. The minimum atomic E-state index is -0.695. The average molecular weight is 264 g/mol. The molecule has 5 heteroatoms. The summed E-state index contributed by atoms with van der Waals surface area (Å²) in [5, 5.41) is 2.67. The van der Waals surface area contributed by atoms with Crippen molar-refractivity contribution >= 4 is 17.1 Å². The summed E-state index contributed by atoms with van der Waals surface area (Å²) >= 11 is 0. The number of hydrogen-bond acceptors (Lipinski definition) is 4. The van der Waals surface area contributed by atoms with E-state index >= 15 is 0 Å². The zero-order valence-corrected chi connectivity index (χ0v) is 11.2. The molecule has 0 bridgehead atoms. The Balaban J connectivity index is 0.000000861. The van der Waals surface area contributed by atoms with E-state index in [4.69, 9.17) is 5.73 Å². The fourth-order valence-corrected chi connectivity index (χ4v) is 1.60. The predicted molar refractivity (Wildman–Crippen MR) is 76.2 cm³/mol. The highest BCUT2D eigenvalue weighted by atomic mass is 19.1. The van der Waals surface area contributed by atoms with E-state index in [1.54, 1.807) is 6.07 Å². The van der Waals surface area contributed by atoms with Crippen LogP contribution in [-0.2, 0) is 6.42 Å². The van der Waals surface area contributed by atoms with E-state index in [1.165, 1.54) is 12.1 Å². The van der Waals surface area contributed by atoms with Crippen LogP contribution in [0.4, 0.5) is 21.5 Å². The maximum Gasteiger partial charge on any atom is 0.253 e. The van der Waals surface area contributed by atoms with Gasteiger partial charge in [-0.2, -0.15) is 0 Å². The Labute approximate surface area is 110 Å². The van der Waals surface area contributed by atoms with Gasteiger partial charge >= 0.3 is 0 Å². The molecule has 0 spiro atoms. The Morgan fingerprint density at radius 3 is 2.32 bits per heavy atom. The molecule has 0 fully saturated rings. The number of benzene rings is 1. The maximum absolute atomic E-state index is 13.2. The number of halogens is 1. The monoisotopic (exact) mass is 264 g/mol. The summed E-state index contributed by atoms with van der Waals surface area (Å²) in [4.78, 5) is 22.1. The molecule has 4 nitrogen and oxygen atoms in total. The minimum Gasteiger partial charge on any atom is -0.394 e. The van der Waals surface area contributed by atoms with Crippen LogP contribution in [0.2, 0.25) is 0 Å². The van der Waals surface area contributed by atoms with Gasteiger partial charge in [0.25, 0.3) is 10.9 Å². The smallest absolute Gasteiger partial charge is 0.253 e. The zero-order valence-electron chi connectivity index (χ0n) is 11.2. The van der Waals surface area contributed by atoms with Crippen molar-refractivity contribution in [3.8, 4) is 0 Å². The first kappa shape index (κ1) is 14.9. The Morgan fingerprint density at radius 1 is 1.16 bits per heavy atom. The molecule has 0 aliphatic heterocycles. The van der Waals surface area contributed by atoms with Crippen molar-refractivity contribution in [3.05, 3.63) is 50.0 Å². The van der Waals surface area contributed by atoms with Gasteiger partial charge in [0, 0.05) is 5.69 Å². The molecule has 2 aromatic rings. The average Bonchev–Trinajstić information content (AvgIpc) is 2.45. The van der Waals surface area contributed by atoms with Crippen molar-refractivity contribution in [2.24, 2.45) is 0 Å². The molecule has 2 aromatic carbocycles. The molecule has 0 unspecified atom stereocenters. The summed E-state index contributed by atoms with van der Waals surface area (Å²) in [5.41, 5.74) is 5.17. The van der Waals surface area contributed by atoms with E-state index < -0.39 is 16.7 Å². The molecule has 0 heterocycles. The lowest BCUT2D eigenvalue weighted by atomic mass is 10.1. The topological polar surface area (TPSA) is 72.2 Å². The van der Waals surface area contributed by atoms with Crippen molar-refractivity contribution in [3.63, 3.8) is 0 Å². The second-order valence-corrected chi connectivity index (χ2v) is 3.77. The lowest BCUT2D eigenvalue weighted by molar-refractivity contribution is 0.626. The summed E-state index contributed by atoms with van der Waals surface area (Å²) in [6, 6.07) is 4.37. The lowest BCUT2D eigenvalue weighted by Crippen LogP contribution is -2.36. The molecule has 0 aliphatic carbocycles. The van der Waals surface area contributed by atoms with Crippen LogP contribution in [0.3, 0.4) is 0 Å². The third-order valence-corrected chi connectivity index (χ3v) is 2.58. The van der Waals surface area contributed by atoms with Gasteiger partial charge in [-0.3, -0.25) is 9.59 Å². The van der Waals surface area contributed by atoms with Crippen LogP contribution < -0.4 is 21.9 Å². The molecule has 2 rings (SSSR count). The Kier molecular flexibility index (Phi) is 4.80. The normalized spacial score (nSPS) is 9.89. The summed E-state index contributed by atoms with van der Waals surface area (Å²) in [5.74, 6) is -0.399. The first-order valence-corrected chi connectivity index (χ1v) is 6.18. The van der Waals surface area contributed by atoms with Crippen LogP contribution in [0.1, 0.15) is 26.3 Å². The number of nitrogens with one attached hydrogen (secondary N) is 1. The van der Waals surface area contributed by atoms with Gasteiger partial charge in [0.2, 0.25) is 0 Å². The van der Waals surface area contributed by atoms with Crippen LogP contribution in [0.15, 0.2) is 27.8 Å². The number of nitrogen functional groups attached to an aromatic ring is 1. The molecular weight excluding hydrogens is 247 g/mol. The first-order valence-electron chi connectivity index (χ1n) is 6.18. The van der Waals surface area contributed by atoms with Gasteiger partial charge in [-0.05, 0) is 30.2 Å². The largest absolute Gasteiger partial charge is 0.394 e. The standard InChI is InChI=1S/C12H11FN2O2.C2H6/c1-2-6-3-7(13)5-8(4-6)15-10-9(14)11(16)12(10)17;1-2/h3-5,15H,2,14H2,1H3;1-2H3. The molecule has 0 saturated carbocycles. The van der Waals surface area contributed by atoms with E-state index in [9.17, 15) is 14.0 Å². The minimum absolute atomic E-state index is 0.0441. The summed E-state index contributed by atoms with van der Waals surface area (Å²) < 4.78 is 13.2. The molecular formula is C14H17FN2O2. The Bertz CT molecular complexity index is 643. The molecule has 0 saturated heterocycles. The molecule has 0 amide bonds. The van der Waals surface area contributed by atoms with E-state index in [0.29, 0.717) is 12.1 Å². The number of anilines is 3. The van der Waals surface area contributed by atoms with Crippen molar-refractivity contribution < 1.29 is 4.39 Å². The van der Waals surface area contributed by atoms with Gasteiger partial charge < -0.3 is 11.1 Å². The van der Waals surface area contributed by atoms with Gasteiger partial charge in [0.05, 0.1) is 0 Å². The highest BCUT2D eigenvalue weighted by Crippen LogP contribution is 2.20. The van der Waals surface area contributed by atoms with E-state index in [0.717, 1.165) is 5.56 Å². The molecule has 0 aliphatic rings.